The van der Waals surface area contributed by atoms with Gasteiger partial charge in [-0.1, -0.05) is 6.07 Å². The van der Waals surface area contributed by atoms with E-state index in [0.717, 1.165) is 39.5 Å². The minimum Gasteiger partial charge on any atom is -0.291 e. The summed E-state index contributed by atoms with van der Waals surface area (Å²) < 4.78 is 1.79. The molecule has 0 atom stereocenters. The Balaban J connectivity index is 1.94. The molecule has 0 unspecified atom stereocenters. The Hall–Kier alpha value is -3.46. The lowest BCUT2D eigenvalue weighted by Crippen LogP contribution is -1.93. The highest BCUT2D eigenvalue weighted by Gasteiger charge is 2.16. The first kappa shape index (κ1) is 14.2. The van der Waals surface area contributed by atoms with E-state index in [1.807, 2.05) is 50.4 Å². The van der Waals surface area contributed by atoms with Crippen molar-refractivity contribution in [2.45, 2.75) is 13.8 Å². The Morgan fingerprint density at radius 2 is 2.04 bits per heavy atom. The highest BCUT2D eigenvalue weighted by atomic mass is 15.1. The molecule has 4 rings (SSSR count). The van der Waals surface area contributed by atoms with E-state index < -0.39 is 0 Å². The summed E-state index contributed by atoms with van der Waals surface area (Å²) in [5.41, 5.74) is 6.70. The Morgan fingerprint density at radius 1 is 1.17 bits per heavy atom. The number of hydrogen-bond donors (Lipinski definition) is 1. The van der Waals surface area contributed by atoms with Crippen molar-refractivity contribution in [3.63, 3.8) is 0 Å². The van der Waals surface area contributed by atoms with Crippen LogP contribution in [0.4, 0.5) is 0 Å². The van der Waals surface area contributed by atoms with Gasteiger partial charge in [0.15, 0.2) is 0 Å². The fraction of sp³-hybridized carbons (Fsp3) is 0.111. The Bertz CT molecular complexity index is 1100. The van der Waals surface area contributed by atoms with Gasteiger partial charge in [0.25, 0.3) is 0 Å². The molecule has 0 aliphatic rings. The predicted molar refractivity (Wildman–Crippen MR) is 90.2 cm³/mol. The third-order valence-electron chi connectivity index (χ3n) is 3.99. The van der Waals surface area contributed by atoms with Crippen LogP contribution in [0, 0.1) is 25.2 Å². The van der Waals surface area contributed by atoms with Crippen molar-refractivity contribution in [3.05, 3.63) is 59.8 Å². The van der Waals surface area contributed by atoms with Crippen molar-refractivity contribution in [2.24, 2.45) is 0 Å². The molecule has 0 fully saturated rings. The number of rotatable bonds is 2. The zero-order valence-corrected chi connectivity index (χ0v) is 13.3. The van der Waals surface area contributed by atoms with Gasteiger partial charge in [-0.25, -0.2) is 4.98 Å². The maximum Gasteiger partial charge on any atom is 0.144 e. The molecule has 0 aliphatic carbocycles. The van der Waals surface area contributed by atoms with E-state index in [1.165, 1.54) is 0 Å². The summed E-state index contributed by atoms with van der Waals surface area (Å²) in [6.07, 6.45) is 3.49. The molecule has 1 N–H and O–H groups in total. The standard InChI is InChI=1S/C18H14N6/c1-11-4-3-5-15(21-11)18-17(12(2)22-23-18)13-6-7-16-20-9-14(8-19)24(16)10-13/h3-7,9-10H,1-2H3,(H,22,23). The molecule has 6 nitrogen and oxygen atoms in total. The highest BCUT2D eigenvalue weighted by molar-refractivity contribution is 5.81. The number of aromatic nitrogens is 5. The van der Waals surface area contributed by atoms with Crippen LogP contribution in [0.3, 0.4) is 0 Å². The summed E-state index contributed by atoms with van der Waals surface area (Å²) >= 11 is 0. The number of nitrogens with one attached hydrogen (secondary N) is 1. The van der Waals surface area contributed by atoms with E-state index in [1.54, 1.807) is 10.6 Å². The van der Waals surface area contributed by atoms with Crippen LogP contribution in [0.5, 0.6) is 0 Å². The van der Waals surface area contributed by atoms with Crippen LogP contribution in [0.1, 0.15) is 17.1 Å². The molecule has 0 aliphatic heterocycles. The molecule has 4 aromatic heterocycles. The van der Waals surface area contributed by atoms with Crippen LogP contribution in [0.15, 0.2) is 42.7 Å². The molecule has 24 heavy (non-hydrogen) atoms. The highest BCUT2D eigenvalue weighted by Crippen LogP contribution is 2.32. The van der Waals surface area contributed by atoms with Gasteiger partial charge >= 0.3 is 0 Å². The van der Waals surface area contributed by atoms with E-state index >= 15 is 0 Å². The van der Waals surface area contributed by atoms with Gasteiger partial charge in [-0.2, -0.15) is 10.4 Å². The molecular weight excluding hydrogens is 300 g/mol. The Kier molecular flexibility index (Phi) is 3.14. The number of imidazole rings is 1. The lowest BCUT2D eigenvalue weighted by molar-refractivity contribution is 1.04. The summed E-state index contributed by atoms with van der Waals surface area (Å²) in [4.78, 5) is 8.81. The summed E-state index contributed by atoms with van der Waals surface area (Å²) in [5, 5.41) is 16.7. The first-order valence-electron chi connectivity index (χ1n) is 7.54. The molecule has 0 radical (unpaired) electrons. The molecule has 116 valence electrons. The van der Waals surface area contributed by atoms with E-state index in [9.17, 15) is 5.26 Å². The molecule has 0 saturated carbocycles. The summed E-state index contributed by atoms with van der Waals surface area (Å²) in [6, 6.07) is 11.9. The Labute approximate surface area is 138 Å². The van der Waals surface area contributed by atoms with Crippen molar-refractivity contribution < 1.29 is 0 Å². The van der Waals surface area contributed by atoms with E-state index in [2.05, 4.69) is 26.2 Å². The van der Waals surface area contributed by atoms with Gasteiger partial charge < -0.3 is 0 Å². The van der Waals surface area contributed by atoms with Gasteiger partial charge in [-0.15, -0.1) is 0 Å². The van der Waals surface area contributed by atoms with Gasteiger partial charge in [0.1, 0.15) is 23.1 Å². The Morgan fingerprint density at radius 3 is 2.83 bits per heavy atom. The SMILES string of the molecule is Cc1cccc(-c2n[nH]c(C)c2-c2ccc3ncc(C#N)n3c2)n1. The molecule has 4 heterocycles. The van der Waals surface area contributed by atoms with Crippen molar-refractivity contribution in [3.8, 4) is 28.6 Å². The summed E-state index contributed by atoms with van der Waals surface area (Å²) in [5.74, 6) is 0. The number of H-pyrrole nitrogens is 1. The lowest BCUT2D eigenvalue weighted by Gasteiger charge is -2.06. The zero-order chi connectivity index (χ0) is 16.7. The van der Waals surface area contributed by atoms with Crippen LogP contribution >= 0.6 is 0 Å². The van der Waals surface area contributed by atoms with Crippen LogP contribution in [0.25, 0.3) is 28.2 Å². The first-order valence-corrected chi connectivity index (χ1v) is 7.54. The van der Waals surface area contributed by atoms with Crippen LogP contribution in [0.2, 0.25) is 0 Å². The van der Waals surface area contributed by atoms with Crippen LogP contribution in [-0.4, -0.2) is 24.6 Å². The molecule has 0 amide bonds. The number of hydrogen-bond acceptors (Lipinski definition) is 4. The second-order valence-corrected chi connectivity index (χ2v) is 5.64. The second kappa shape index (κ2) is 5.32. The number of aromatic amines is 1. The number of aryl methyl sites for hydroxylation is 2. The maximum atomic E-state index is 9.22. The largest absolute Gasteiger partial charge is 0.291 e. The molecule has 0 bridgehead atoms. The average Bonchev–Trinajstić information content (AvgIpc) is 3.17. The number of nitrogens with zero attached hydrogens (tertiary/aromatic N) is 5. The number of pyridine rings is 2. The predicted octanol–water partition coefficient (Wildman–Crippen LogP) is 3.27. The number of fused-ring (bicyclic) bond motifs is 1. The molecule has 0 saturated heterocycles. The fourth-order valence-corrected chi connectivity index (χ4v) is 2.85. The van der Waals surface area contributed by atoms with Crippen molar-refractivity contribution in [2.75, 3.05) is 0 Å². The van der Waals surface area contributed by atoms with Crippen molar-refractivity contribution in [1.82, 2.24) is 24.6 Å². The van der Waals surface area contributed by atoms with Gasteiger partial charge in [0, 0.05) is 28.7 Å². The first-order chi connectivity index (χ1) is 11.7. The number of nitriles is 1. The molecule has 4 aromatic rings. The summed E-state index contributed by atoms with van der Waals surface area (Å²) in [7, 11) is 0. The molecular formula is C18H14N6. The fourth-order valence-electron chi connectivity index (χ4n) is 2.85. The molecule has 0 aromatic carbocycles. The van der Waals surface area contributed by atoms with Crippen LogP contribution in [-0.2, 0) is 0 Å². The zero-order valence-electron chi connectivity index (χ0n) is 13.3. The van der Waals surface area contributed by atoms with E-state index in [4.69, 9.17) is 0 Å². The lowest BCUT2D eigenvalue weighted by atomic mass is 10.0. The van der Waals surface area contributed by atoms with E-state index in [-0.39, 0.29) is 0 Å². The third kappa shape index (κ3) is 2.15. The van der Waals surface area contributed by atoms with Crippen molar-refractivity contribution >= 4 is 5.65 Å². The van der Waals surface area contributed by atoms with Gasteiger partial charge in [0.2, 0.25) is 0 Å². The molecule has 0 spiro atoms. The van der Waals surface area contributed by atoms with Gasteiger partial charge in [-0.3, -0.25) is 14.5 Å². The average molecular weight is 314 g/mol. The van der Waals surface area contributed by atoms with Gasteiger partial charge in [0.05, 0.1) is 11.9 Å². The smallest absolute Gasteiger partial charge is 0.144 e. The monoisotopic (exact) mass is 314 g/mol. The quantitative estimate of drug-likeness (QED) is 0.615. The third-order valence-corrected chi connectivity index (χ3v) is 3.99. The topological polar surface area (TPSA) is 82.7 Å². The minimum absolute atomic E-state index is 0.503. The van der Waals surface area contributed by atoms with Crippen LogP contribution < -0.4 is 0 Å². The minimum atomic E-state index is 0.503. The van der Waals surface area contributed by atoms with E-state index in [0.29, 0.717) is 5.69 Å². The maximum absolute atomic E-state index is 9.22. The normalized spacial score (nSPS) is 10.9. The van der Waals surface area contributed by atoms with Crippen molar-refractivity contribution in [1.29, 1.82) is 5.26 Å². The summed E-state index contributed by atoms with van der Waals surface area (Å²) in [6.45, 7) is 3.93. The second-order valence-electron chi connectivity index (χ2n) is 5.64. The molecule has 6 heteroatoms. The van der Waals surface area contributed by atoms with Gasteiger partial charge in [-0.05, 0) is 38.1 Å².